The largest absolute Gasteiger partial charge is 0.353 e. The van der Waals surface area contributed by atoms with Gasteiger partial charge in [0.2, 0.25) is 11.8 Å². The van der Waals surface area contributed by atoms with Gasteiger partial charge in [-0.25, -0.2) is 0 Å². The van der Waals surface area contributed by atoms with Gasteiger partial charge in [0.15, 0.2) is 0 Å². The predicted molar refractivity (Wildman–Crippen MR) is 146 cm³/mol. The molecule has 37 heavy (non-hydrogen) atoms. The van der Waals surface area contributed by atoms with E-state index < -0.39 is 7.60 Å². The zero-order chi connectivity index (χ0) is 26.8. The Morgan fingerprint density at radius 2 is 1.68 bits per heavy atom. The summed E-state index contributed by atoms with van der Waals surface area (Å²) < 4.78 is 23.3. The summed E-state index contributed by atoms with van der Waals surface area (Å²) in [6.45, 7) is 9.35. The second kappa shape index (κ2) is 11.7. The van der Waals surface area contributed by atoms with Gasteiger partial charge in [-0.15, -0.1) is 0 Å². The van der Waals surface area contributed by atoms with Gasteiger partial charge in [0.1, 0.15) is 0 Å². The zero-order valence-corrected chi connectivity index (χ0v) is 24.8. The van der Waals surface area contributed by atoms with Crippen LogP contribution in [0.5, 0.6) is 0 Å². The summed E-state index contributed by atoms with van der Waals surface area (Å²) in [5.74, 6) is 2.56. The molecule has 2 amide bonds. The molecule has 1 N–H and O–H groups in total. The molecule has 1 unspecified atom stereocenters. The highest BCUT2D eigenvalue weighted by Gasteiger charge is 2.61. The van der Waals surface area contributed by atoms with Gasteiger partial charge in [0.25, 0.3) is 0 Å². The molecular formula is C29H51N2O5P. The fraction of sp³-hybridized carbons (Fsp3) is 0.931. The van der Waals surface area contributed by atoms with Crippen molar-refractivity contribution in [3.63, 3.8) is 0 Å². The van der Waals surface area contributed by atoms with E-state index in [-0.39, 0.29) is 22.8 Å². The molecule has 1 aliphatic heterocycles. The number of hydrogen-bond donors (Lipinski definition) is 1. The van der Waals surface area contributed by atoms with Crippen LogP contribution in [0.25, 0.3) is 0 Å². The monoisotopic (exact) mass is 538 g/mol. The van der Waals surface area contributed by atoms with Gasteiger partial charge in [-0.1, -0.05) is 20.3 Å². The number of carbonyl (C=O) groups is 2. The van der Waals surface area contributed by atoms with Gasteiger partial charge < -0.3 is 19.3 Å². The van der Waals surface area contributed by atoms with Gasteiger partial charge in [-0.05, 0) is 100 Å². The fourth-order valence-corrected chi connectivity index (χ4v) is 10.7. The van der Waals surface area contributed by atoms with Crippen LogP contribution in [0.2, 0.25) is 0 Å². The Morgan fingerprint density at radius 1 is 0.973 bits per heavy atom. The Morgan fingerprint density at radius 3 is 2.38 bits per heavy atom. The molecule has 1 heterocycles. The van der Waals surface area contributed by atoms with Crippen molar-refractivity contribution in [3.8, 4) is 0 Å². The van der Waals surface area contributed by atoms with Crippen molar-refractivity contribution in [1.29, 1.82) is 0 Å². The third-order valence-electron chi connectivity index (χ3n) is 10.9. The number of carbonyl (C=O) groups excluding carboxylic acids is 2. The Kier molecular flexibility index (Phi) is 9.18. The number of hydrogen-bond acceptors (Lipinski definition) is 5. The molecule has 7 nitrogen and oxygen atoms in total. The highest BCUT2D eigenvalue weighted by atomic mass is 31.2. The van der Waals surface area contributed by atoms with Crippen LogP contribution >= 0.6 is 7.60 Å². The molecular weight excluding hydrogens is 487 g/mol. The molecule has 0 aromatic rings. The molecule has 0 bridgehead atoms. The maximum Gasteiger partial charge on any atom is 0.330 e. The van der Waals surface area contributed by atoms with E-state index in [0.29, 0.717) is 56.0 Å². The lowest BCUT2D eigenvalue weighted by atomic mass is 9.47. The van der Waals surface area contributed by atoms with E-state index in [1.165, 1.54) is 25.7 Å². The van der Waals surface area contributed by atoms with Gasteiger partial charge in [0, 0.05) is 32.0 Å². The van der Waals surface area contributed by atoms with Crippen LogP contribution in [0.3, 0.4) is 0 Å². The first-order valence-corrected chi connectivity index (χ1v) is 16.7. The number of amides is 2. The lowest BCUT2D eigenvalue weighted by molar-refractivity contribution is -0.157. The average molecular weight is 539 g/mol. The van der Waals surface area contributed by atoms with Crippen LogP contribution in [-0.2, 0) is 23.2 Å². The minimum Gasteiger partial charge on any atom is -0.353 e. The normalized spacial score (nSPS) is 37.6. The van der Waals surface area contributed by atoms with Gasteiger partial charge in [-0.2, -0.15) is 0 Å². The molecule has 0 spiro atoms. The van der Waals surface area contributed by atoms with Gasteiger partial charge in [-0.3, -0.25) is 14.2 Å². The quantitative estimate of drug-likeness (QED) is 0.252. The molecule has 0 aromatic heterocycles. The number of nitrogens with one attached hydrogen (secondary N) is 1. The van der Waals surface area contributed by atoms with E-state index in [1.807, 2.05) is 20.9 Å². The molecule has 8 heteroatoms. The molecule has 4 fully saturated rings. The second-order valence-corrected chi connectivity index (χ2v) is 14.9. The van der Waals surface area contributed by atoms with Crippen molar-refractivity contribution < 1.29 is 23.2 Å². The maximum atomic E-state index is 12.9. The van der Waals surface area contributed by atoms with Gasteiger partial charge >= 0.3 is 7.60 Å². The van der Waals surface area contributed by atoms with Crippen LogP contribution in [0, 0.1) is 28.6 Å². The molecule has 7 atom stereocenters. The summed E-state index contributed by atoms with van der Waals surface area (Å²) in [5.41, 5.74) is 0.417. The number of piperidine rings is 1. The predicted octanol–water partition coefficient (Wildman–Crippen LogP) is 6.16. The van der Waals surface area contributed by atoms with E-state index in [1.54, 1.807) is 0 Å². The molecule has 4 rings (SSSR count). The highest BCUT2D eigenvalue weighted by molar-refractivity contribution is 7.53. The fourth-order valence-electron chi connectivity index (χ4n) is 8.98. The number of nitrogens with zero attached hydrogens (tertiary/aromatic N) is 1. The smallest absolute Gasteiger partial charge is 0.330 e. The minimum absolute atomic E-state index is 0.162. The van der Waals surface area contributed by atoms with E-state index in [4.69, 9.17) is 9.05 Å². The van der Waals surface area contributed by atoms with Crippen molar-refractivity contribution >= 4 is 19.4 Å². The lowest BCUT2D eigenvalue weighted by Crippen LogP contribution is -2.62. The number of unbranched alkanes of at least 4 members (excludes halogenated alkanes) is 2. The summed E-state index contributed by atoms with van der Waals surface area (Å²) in [6, 6.07) is 0.662. The van der Waals surface area contributed by atoms with Crippen molar-refractivity contribution in [2.24, 2.45) is 28.6 Å². The molecule has 0 aromatic carbocycles. The number of fused-ring (bicyclic) bond motifs is 5. The second-order valence-electron chi connectivity index (χ2n) is 12.7. The SMILES string of the molecule is CCOP(=O)(CCCCCC(=O)NC1CC[C@H]2[C@@H]3CC[C@H]4N(C)C(=O)CC[C@]4(C)[C@H]3CC[C@]12C)OCC. The Balaban J connectivity index is 1.28. The molecule has 212 valence electrons. The first-order chi connectivity index (χ1) is 17.6. The van der Waals surface area contributed by atoms with Crippen LogP contribution in [0.1, 0.15) is 105 Å². The molecule has 1 saturated heterocycles. The topological polar surface area (TPSA) is 84.9 Å². The molecule has 3 aliphatic carbocycles. The van der Waals surface area contributed by atoms with Crippen LogP contribution in [-0.4, -0.2) is 55.2 Å². The highest BCUT2D eigenvalue weighted by Crippen LogP contribution is 2.64. The van der Waals surface area contributed by atoms with Crippen molar-refractivity contribution in [2.45, 2.75) is 117 Å². The third kappa shape index (κ3) is 5.70. The van der Waals surface area contributed by atoms with Crippen molar-refractivity contribution in [3.05, 3.63) is 0 Å². The third-order valence-corrected chi connectivity index (χ3v) is 13.0. The summed E-state index contributed by atoms with van der Waals surface area (Å²) in [4.78, 5) is 27.4. The Labute approximate surface area is 224 Å². The molecule has 0 radical (unpaired) electrons. The zero-order valence-electron chi connectivity index (χ0n) is 23.9. The maximum absolute atomic E-state index is 12.9. The summed E-state index contributed by atoms with van der Waals surface area (Å²) in [6.07, 6.45) is 12.1. The van der Waals surface area contributed by atoms with E-state index in [0.717, 1.165) is 44.4 Å². The number of likely N-dealkylation sites (tertiary alicyclic amines) is 1. The van der Waals surface area contributed by atoms with E-state index in [2.05, 4.69) is 24.1 Å². The van der Waals surface area contributed by atoms with Gasteiger partial charge in [0.05, 0.1) is 19.4 Å². The summed E-state index contributed by atoms with van der Waals surface area (Å²) >= 11 is 0. The van der Waals surface area contributed by atoms with E-state index in [9.17, 15) is 14.2 Å². The van der Waals surface area contributed by atoms with Crippen LogP contribution in [0.4, 0.5) is 0 Å². The number of rotatable bonds is 11. The van der Waals surface area contributed by atoms with E-state index >= 15 is 0 Å². The van der Waals surface area contributed by atoms with Crippen molar-refractivity contribution in [2.75, 3.05) is 26.4 Å². The minimum atomic E-state index is -2.99. The Bertz CT molecular complexity index is 872. The Hall–Kier alpha value is -0.910. The average Bonchev–Trinajstić information content (AvgIpc) is 3.18. The first-order valence-electron chi connectivity index (χ1n) is 15.0. The molecule has 4 aliphatic rings. The summed E-state index contributed by atoms with van der Waals surface area (Å²) in [7, 11) is -0.962. The molecule has 3 saturated carbocycles. The van der Waals surface area contributed by atoms with Crippen LogP contribution < -0.4 is 5.32 Å². The van der Waals surface area contributed by atoms with Crippen molar-refractivity contribution in [1.82, 2.24) is 10.2 Å². The lowest BCUT2D eigenvalue weighted by Gasteiger charge is -2.61. The summed E-state index contributed by atoms with van der Waals surface area (Å²) in [5, 5.41) is 3.44. The standard InChI is InChI=1S/C29H51N2O5P/c1-6-35-37(34,36-7-2)20-10-8-9-11-26(32)30-24-14-13-22-21-12-15-25-29(4,19-17-27(33)31(25)5)23(21)16-18-28(22,24)3/h21-25H,6-20H2,1-5H3,(H,30,32)/t21-,22-,23-,24?,25+,28-,29+/m0/s1. The van der Waals surface area contributed by atoms with Crippen LogP contribution in [0.15, 0.2) is 0 Å². The first kappa shape index (κ1) is 29.1.